The number of nitrogens with zero attached hydrogens (tertiary/aromatic N) is 5. The van der Waals surface area contributed by atoms with Crippen molar-refractivity contribution in [2.24, 2.45) is 0 Å². The molecule has 0 bridgehead atoms. The molecule has 4 aromatic rings. The number of carbonyl (C=O) groups is 1. The highest BCUT2D eigenvalue weighted by atomic mass is 16.2. The summed E-state index contributed by atoms with van der Waals surface area (Å²) in [7, 11) is 0. The van der Waals surface area contributed by atoms with Gasteiger partial charge < -0.3 is 5.73 Å². The van der Waals surface area contributed by atoms with E-state index in [1.165, 1.54) is 11.0 Å². The number of fused-ring (bicyclic) bond motifs is 1. The van der Waals surface area contributed by atoms with Crippen LogP contribution < -0.4 is 16.6 Å². The first-order chi connectivity index (χ1) is 13.1. The summed E-state index contributed by atoms with van der Waals surface area (Å²) in [6, 6.07) is 14.7. The third-order valence-corrected chi connectivity index (χ3v) is 4.02. The number of hydrazine groups is 1. The number of nitrogens with one attached hydrogen (secondary N) is 2. The van der Waals surface area contributed by atoms with Crippen LogP contribution in [0.2, 0.25) is 0 Å². The van der Waals surface area contributed by atoms with E-state index in [1.807, 2.05) is 43.3 Å². The normalized spacial score (nSPS) is 10.7. The number of hydrogen-bond donors (Lipinski definition) is 3. The maximum Gasteiger partial charge on any atom is 0.269 e. The number of rotatable bonds is 4. The van der Waals surface area contributed by atoms with Crippen molar-refractivity contribution >= 4 is 28.4 Å². The molecule has 4 N–H and O–H groups in total. The van der Waals surface area contributed by atoms with Crippen LogP contribution in [-0.4, -0.2) is 30.9 Å². The maximum absolute atomic E-state index is 12.2. The zero-order chi connectivity index (χ0) is 18.8. The second-order valence-electron chi connectivity index (χ2n) is 5.89. The van der Waals surface area contributed by atoms with Crippen LogP contribution in [0.5, 0.6) is 0 Å². The Bertz CT molecular complexity index is 1120. The molecule has 9 heteroatoms. The van der Waals surface area contributed by atoms with E-state index in [1.54, 1.807) is 12.1 Å². The van der Waals surface area contributed by atoms with E-state index in [9.17, 15) is 4.79 Å². The van der Waals surface area contributed by atoms with Crippen molar-refractivity contribution in [1.29, 1.82) is 0 Å². The van der Waals surface area contributed by atoms with E-state index in [2.05, 4.69) is 31.1 Å². The molecule has 2 aromatic heterocycles. The van der Waals surface area contributed by atoms with Crippen molar-refractivity contribution in [3.05, 3.63) is 66.0 Å². The zero-order valence-electron chi connectivity index (χ0n) is 14.4. The van der Waals surface area contributed by atoms with Gasteiger partial charge in [-0.2, -0.15) is 4.68 Å². The lowest BCUT2D eigenvalue weighted by molar-refractivity contribution is 0.0962. The molecule has 0 atom stereocenters. The fourth-order valence-corrected chi connectivity index (χ4v) is 2.57. The second-order valence-corrected chi connectivity index (χ2v) is 5.89. The third kappa shape index (κ3) is 3.13. The molecule has 4 rings (SSSR count). The maximum atomic E-state index is 12.2. The largest absolute Gasteiger partial charge is 0.393 e. The first kappa shape index (κ1) is 16.5. The van der Waals surface area contributed by atoms with Crippen molar-refractivity contribution in [1.82, 2.24) is 30.4 Å². The summed E-state index contributed by atoms with van der Waals surface area (Å²) >= 11 is 0. The summed E-state index contributed by atoms with van der Waals surface area (Å²) in [6.07, 6.45) is 1.34. The van der Waals surface area contributed by atoms with Gasteiger partial charge in [-0.15, -0.1) is 5.10 Å². The second kappa shape index (κ2) is 6.71. The molecule has 0 fully saturated rings. The molecule has 2 heterocycles. The topological polar surface area (TPSA) is 124 Å². The average Bonchev–Trinajstić information content (AvgIpc) is 3.11. The minimum Gasteiger partial charge on any atom is -0.393 e. The summed E-state index contributed by atoms with van der Waals surface area (Å²) < 4.78 is 1.53. The quantitative estimate of drug-likeness (QED) is 0.475. The third-order valence-electron chi connectivity index (χ3n) is 4.02. The van der Waals surface area contributed by atoms with Crippen molar-refractivity contribution in [3.8, 4) is 5.82 Å². The number of nitrogens with two attached hydrogens (primary N) is 1. The molecule has 1 amide bonds. The standard InChI is InChI=1S/C18H16N8O/c1-11-6-8-12(9-7-11)18(27)24-23-16-15(19)17(21-10-20-16)26-14-5-3-2-4-13(14)22-25-26/h2-10H,19H2,1H3,(H,24,27)(H,20,21,23). The van der Waals surface area contributed by atoms with E-state index >= 15 is 0 Å². The van der Waals surface area contributed by atoms with Crippen LogP contribution in [-0.2, 0) is 0 Å². The minimum atomic E-state index is -0.305. The van der Waals surface area contributed by atoms with E-state index in [-0.39, 0.29) is 17.4 Å². The number of benzene rings is 2. The summed E-state index contributed by atoms with van der Waals surface area (Å²) in [5.74, 6) is 0.326. The Balaban J connectivity index is 1.59. The molecule has 9 nitrogen and oxygen atoms in total. The SMILES string of the molecule is Cc1ccc(C(=O)NNc2ncnc(-n3nnc4ccccc43)c2N)cc1. The summed E-state index contributed by atoms with van der Waals surface area (Å²) in [5, 5.41) is 8.19. The van der Waals surface area contributed by atoms with Crippen LogP contribution in [0, 0.1) is 6.92 Å². The van der Waals surface area contributed by atoms with Gasteiger partial charge in [-0.25, -0.2) is 9.97 Å². The Morgan fingerprint density at radius 2 is 1.85 bits per heavy atom. The molecule has 134 valence electrons. The van der Waals surface area contributed by atoms with Crippen LogP contribution in [0.1, 0.15) is 15.9 Å². The Kier molecular flexibility index (Phi) is 4.09. The van der Waals surface area contributed by atoms with E-state index in [4.69, 9.17) is 5.73 Å². The summed E-state index contributed by atoms with van der Waals surface area (Å²) in [4.78, 5) is 20.5. The molecule has 0 saturated heterocycles. The smallest absolute Gasteiger partial charge is 0.269 e. The molecule has 2 aromatic carbocycles. The molecule has 0 unspecified atom stereocenters. The molecule has 27 heavy (non-hydrogen) atoms. The van der Waals surface area contributed by atoms with Crippen LogP contribution in [0.4, 0.5) is 11.5 Å². The highest BCUT2D eigenvalue weighted by Gasteiger charge is 2.14. The van der Waals surface area contributed by atoms with Crippen LogP contribution in [0.3, 0.4) is 0 Å². The lowest BCUT2D eigenvalue weighted by Crippen LogP contribution is -2.30. The highest BCUT2D eigenvalue weighted by molar-refractivity contribution is 5.95. The van der Waals surface area contributed by atoms with Crippen molar-refractivity contribution in [2.75, 3.05) is 11.2 Å². The Labute approximate surface area is 154 Å². The molecule has 0 aliphatic rings. The van der Waals surface area contributed by atoms with Gasteiger partial charge >= 0.3 is 0 Å². The van der Waals surface area contributed by atoms with Crippen molar-refractivity contribution in [2.45, 2.75) is 6.92 Å². The van der Waals surface area contributed by atoms with Gasteiger partial charge in [-0.1, -0.05) is 35.0 Å². The number of hydrogen-bond acceptors (Lipinski definition) is 7. The van der Waals surface area contributed by atoms with Gasteiger partial charge in [0, 0.05) is 5.56 Å². The number of amides is 1. The number of aromatic nitrogens is 5. The average molecular weight is 360 g/mol. The van der Waals surface area contributed by atoms with Crippen molar-refractivity contribution in [3.63, 3.8) is 0 Å². The van der Waals surface area contributed by atoms with Gasteiger partial charge in [0.05, 0.1) is 5.52 Å². The van der Waals surface area contributed by atoms with Gasteiger partial charge in [0.1, 0.15) is 17.5 Å². The molecule has 0 spiro atoms. The molecule has 0 saturated carbocycles. The zero-order valence-corrected chi connectivity index (χ0v) is 14.4. The highest BCUT2D eigenvalue weighted by Crippen LogP contribution is 2.23. The fraction of sp³-hybridized carbons (Fsp3) is 0.0556. The van der Waals surface area contributed by atoms with Gasteiger partial charge in [0.25, 0.3) is 5.91 Å². The number of nitrogen functional groups attached to an aromatic ring is 1. The fourth-order valence-electron chi connectivity index (χ4n) is 2.57. The van der Waals surface area contributed by atoms with E-state index in [0.29, 0.717) is 11.4 Å². The van der Waals surface area contributed by atoms with Crippen LogP contribution in [0.15, 0.2) is 54.9 Å². The predicted molar refractivity (Wildman–Crippen MR) is 101 cm³/mol. The Morgan fingerprint density at radius 1 is 1.07 bits per heavy atom. The predicted octanol–water partition coefficient (Wildman–Crippen LogP) is 1.86. The molecule has 0 aliphatic heterocycles. The first-order valence-corrected chi connectivity index (χ1v) is 8.18. The molecule has 0 aliphatic carbocycles. The van der Waals surface area contributed by atoms with E-state index < -0.39 is 0 Å². The number of para-hydroxylation sites is 1. The number of anilines is 2. The number of aryl methyl sites for hydroxylation is 1. The Morgan fingerprint density at radius 3 is 2.67 bits per heavy atom. The Hall–Kier alpha value is -4.01. The lowest BCUT2D eigenvalue weighted by atomic mass is 10.1. The van der Waals surface area contributed by atoms with Gasteiger partial charge in [0.15, 0.2) is 11.6 Å². The monoisotopic (exact) mass is 360 g/mol. The molecular formula is C18H16N8O. The first-order valence-electron chi connectivity index (χ1n) is 8.18. The van der Waals surface area contributed by atoms with Crippen molar-refractivity contribution < 1.29 is 4.79 Å². The van der Waals surface area contributed by atoms with Gasteiger partial charge in [0.2, 0.25) is 0 Å². The summed E-state index contributed by atoms with van der Waals surface area (Å²) in [5.41, 5.74) is 14.8. The van der Waals surface area contributed by atoms with Gasteiger partial charge in [-0.05, 0) is 31.2 Å². The van der Waals surface area contributed by atoms with Crippen LogP contribution >= 0.6 is 0 Å². The molecular weight excluding hydrogens is 344 g/mol. The van der Waals surface area contributed by atoms with Gasteiger partial charge in [-0.3, -0.25) is 15.6 Å². The van der Waals surface area contributed by atoms with Crippen LogP contribution in [0.25, 0.3) is 16.9 Å². The number of carbonyl (C=O) groups excluding carboxylic acids is 1. The lowest BCUT2D eigenvalue weighted by Gasteiger charge is -2.12. The summed E-state index contributed by atoms with van der Waals surface area (Å²) in [6.45, 7) is 1.96. The van der Waals surface area contributed by atoms with E-state index in [0.717, 1.165) is 16.6 Å². The minimum absolute atomic E-state index is 0.234. The molecule has 0 radical (unpaired) electrons.